The third-order valence-corrected chi connectivity index (χ3v) is 1.89. The zero-order valence-electron chi connectivity index (χ0n) is 8.01. The summed E-state index contributed by atoms with van der Waals surface area (Å²) < 4.78 is 9.37. The quantitative estimate of drug-likeness (QED) is 0.694. The summed E-state index contributed by atoms with van der Waals surface area (Å²) in [6, 6.07) is 3.31. The van der Waals surface area contributed by atoms with E-state index < -0.39 is 5.97 Å². The summed E-state index contributed by atoms with van der Waals surface area (Å²) in [4.78, 5) is 19.0. The van der Waals surface area contributed by atoms with Crippen molar-refractivity contribution >= 4 is 5.97 Å². The zero-order valence-corrected chi connectivity index (χ0v) is 8.01. The molecule has 0 atom stereocenters. The number of esters is 1. The summed E-state index contributed by atoms with van der Waals surface area (Å²) in [6.45, 7) is 0. The van der Waals surface area contributed by atoms with Gasteiger partial charge >= 0.3 is 5.97 Å². The SMILES string of the molecule is COC(=O)c1ccc(-c2cocn2)cn1. The number of nitrogens with zero attached hydrogens (tertiary/aromatic N) is 2. The van der Waals surface area contributed by atoms with Crippen LogP contribution in [0.3, 0.4) is 0 Å². The number of hydrogen-bond donors (Lipinski definition) is 0. The molecule has 0 aliphatic rings. The van der Waals surface area contributed by atoms with E-state index in [4.69, 9.17) is 4.42 Å². The summed E-state index contributed by atoms with van der Waals surface area (Å²) in [5.41, 5.74) is 1.74. The van der Waals surface area contributed by atoms with Crippen LogP contribution < -0.4 is 0 Å². The average Bonchev–Trinajstić information content (AvgIpc) is 2.82. The molecule has 0 amide bonds. The predicted molar refractivity (Wildman–Crippen MR) is 51.1 cm³/mol. The Balaban J connectivity index is 2.29. The van der Waals surface area contributed by atoms with Gasteiger partial charge in [-0.3, -0.25) is 0 Å². The highest BCUT2D eigenvalue weighted by Crippen LogP contribution is 2.15. The van der Waals surface area contributed by atoms with E-state index in [2.05, 4.69) is 14.7 Å². The Bertz CT molecular complexity index is 448. The number of carbonyl (C=O) groups excluding carboxylic acids is 1. The number of methoxy groups -OCH3 is 1. The number of oxazole rings is 1. The molecule has 5 heteroatoms. The molecule has 2 aromatic rings. The second-order valence-electron chi connectivity index (χ2n) is 2.80. The van der Waals surface area contributed by atoms with Gasteiger partial charge in [-0.2, -0.15) is 0 Å². The Kier molecular flexibility index (Phi) is 2.45. The molecule has 0 saturated carbocycles. The van der Waals surface area contributed by atoms with Gasteiger partial charge in [0, 0.05) is 11.8 Å². The molecule has 0 unspecified atom stereocenters. The van der Waals surface area contributed by atoms with Gasteiger partial charge in [0.25, 0.3) is 0 Å². The molecule has 0 spiro atoms. The highest BCUT2D eigenvalue weighted by Gasteiger charge is 2.07. The van der Waals surface area contributed by atoms with Gasteiger partial charge in [-0.1, -0.05) is 0 Å². The van der Waals surface area contributed by atoms with Gasteiger partial charge in [-0.15, -0.1) is 0 Å². The maximum absolute atomic E-state index is 11.1. The van der Waals surface area contributed by atoms with E-state index in [1.165, 1.54) is 19.8 Å². The second-order valence-corrected chi connectivity index (χ2v) is 2.80. The average molecular weight is 204 g/mol. The Labute approximate surface area is 85.7 Å². The molecule has 76 valence electrons. The molecular formula is C10H8N2O3. The fourth-order valence-electron chi connectivity index (χ4n) is 1.13. The first kappa shape index (κ1) is 9.39. The van der Waals surface area contributed by atoms with E-state index in [0.717, 1.165) is 5.56 Å². The number of hydrogen-bond acceptors (Lipinski definition) is 5. The molecule has 0 aliphatic carbocycles. The molecule has 2 rings (SSSR count). The normalized spacial score (nSPS) is 9.93. The molecule has 0 aliphatic heterocycles. The smallest absolute Gasteiger partial charge is 0.356 e. The van der Waals surface area contributed by atoms with Gasteiger partial charge in [0.1, 0.15) is 17.7 Å². The summed E-state index contributed by atoms with van der Waals surface area (Å²) >= 11 is 0. The topological polar surface area (TPSA) is 65.2 Å². The summed E-state index contributed by atoms with van der Waals surface area (Å²) in [5.74, 6) is -0.457. The van der Waals surface area contributed by atoms with Gasteiger partial charge in [0.15, 0.2) is 6.39 Å². The van der Waals surface area contributed by atoms with Gasteiger partial charge in [-0.25, -0.2) is 14.8 Å². The van der Waals surface area contributed by atoms with Crippen LogP contribution in [0.2, 0.25) is 0 Å². The summed E-state index contributed by atoms with van der Waals surface area (Å²) in [7, 11) is 1.32. The lowest BCUT2D eigenvalue weighted by Crippen LogP contribution is -2.03. The van der Waals surface area contributed by atoms with Crippen LogP contribution in [-0.4, -0.2) is 23.0 Å². The monoisotopic (exact) mass is 204 g/mol. The van der Waals surface area contributed by atoms with E-state index >= 15 is 0 Å². The molecule has 2 aromatic heterocycles. The molecule has 5 nitrogen and oxygen atoms in total. The third-order valence-electron chi connectivity index (χ3n) is 1.89. The Morgan fingerprint density at radius 3 is 2.80 bits per heavy atom. The van der Waals surface area contributed by atoms with E-state index in [0.29, 0.717) is 5.69 Å². The van der Waals surface area contributed by atoms with Crippen molar-refractivity contribution in [3.8, 4) is 11.3 Å². The first-order chi connectivity index (χ1) is 7.31. The highest BCUT2D eigenvalue weighted by molar-refractivity contribution is 5.87. The van der Waals surface area contributed by atoms with Crippen LogP contribution in [0.4, 0.5) is 0 Å². The van der Waals surface area contributed by atoms with Crippen molar-refractivity contribution in [2.24, 2.45) is 0 Å². The lowest BCUT2D eigenvalue weighted by Gasteiger charge is -1.98. The number of rotatable bonds is 2. The number of carbonyl (C=O) groups is 1. The lowest BCUT2D eigenvalue weighted by atomic mass is 10.2. The standard InChI is InChI=1S/C10H8N2O3/c1-14-10(13)8-3-2-7(4-11-8)9-5-15-6-12-9/h2-6H,1H3. The van der Waals surface area contributed by atoms with Gasteiger partial charge in [0.05, 0.1) is 7.11 Å². The number of pyridine rings is 1. The van der Waals surface area contributed by atoms with Crippen molar-refractivity contribution in [2.45, 2.75) is 0 Å². The maximum atomic E-state index is 11.1. The van der Waals surface area contributed by atoms with Crippen LogP contribution >= 0.6 is 0 Å². The highest BCUT2D eigenvalue weighted by atomic mass is 16.5. The first-order valence-electron chi connectivity index (χ1n) is 4.24. The van der Waals surface area contributed by atoms with E-state index in [1.54, 1.807) is 18.3 Å². The Morgan fingerprint density at radius 2 is 2.27 bits per heavy atom. The fraction of sp³-hybridized carbons (Fsp3) is 0.100. The van der Waals surface area contributed by atoms with Crippen molar-refractivity contribution in [3.63, 3.8) is 0 Å². The molecule has 0 fully saturated rings. The van der Waals surface area contributed by atoms with Crippen LogP contribution in [0.1, 0.15) is 10.5 Å². The van der Waals surface area contributed by atoms with Gasteiger partial charge in [0.2, 0.25) is 0 Å². The van der Waals surface area contributed by atoms with Gasteiger partial charge in [-0.05, 0) is 12.1 Å². The molecule has 2 heterocycles. The third kappa shape index (κ3) is 1.85. The fourth-order valence-corrected chi connectivity index (χ4v) is 1.13. The number of ether oxygens (including phenoxy) is 1. The van der Waals surface area contributed by atoms with Crippen LogP contribution in [0, 0.1) is 0 Å². The zero-order chi connectivity index (χ0) is 10.7. The van der Waals surface area contributed by atoms with E-state index in [9.17, 15) is 4.79 Å². The first-order valence-corrected chi connectivity index (χ1v) is 4.24. The van der Waals surface area contributed by atoms with Crippen LogP contribution in [0.15, 0.2) is 35.4 Å². The van der Waals surface area contributed by atoms with Gasteiger partial charge < -0.3 is 9.15 Å². The predicted octanol–water partition coefficient (Wildman–Crippen LogP) is 1.52. The number of aromatic nitrogens is 2. The van der Waals surface area contributed by atoms with Crippen LogP contribution in [0.5, 0.6) is 0 Å². The molecule has 0 N–H and O–H groups in total. The Morgan fingerprint density at radius 1 is 1.40 bits per heavy atom. The second kappa shape index (κ2) is 3.91. The largest absolute Gasteiger partial charge is 0.464 e. The molecule has 15 heavy (non-hydrogen) atoms. The molecule has 0 radical (unpaired) electrons. The van der Waals surface area contributed by atoms with Crippen molar-refractivity contribution in [1.82, 2.24) is 9.97 Å². The minimum absolute atomic E-state index is 0.268. The van der Waals surface area contributed by atoms with Crippen molar-refractivity contribution in [1.29, 1.82) is 0 Å². The van der Waals surface area contributed by atoms with Crippen LogP contribution in [0.25, 0.3) is 11.3 Å². The molecule has 0 bridgehead atoms. The van der Waals surface area contributed by atoms with Crippen molar-refractivity contribution in [2.75, 3.05) is 7.11 Å². The van der Waals surface area contributed by atoms with E-state index in [-0.39, 0.29) is 5.69 Å². The van der Waals surface area contributed by atoms with Crippen molar-refractivity contribution in [3.05, 3.63) is 36.7 Å². The molecule has 0 saturated heterocycles. The maximum Gasteiger partial charge on any atom is 0.356 e. The minimum atomic E-state index is -0.457. The lowest BCUT2D eigenvalue weighted by molar-refractivity contribution is 0.0594. The minimum Gasteiger partial charge on any atom is -0.464 e. The van der Waals surface area contributed by atoms with Crippen LogP contribution in [-0.2, 0) is 4.74 Å². The Hall–Kier alpha value is -2.17. The molecule has 0 aromatic carbocycles. The van der Waals surface area contributed by atoms with Crippen molar-refractivity contribution < 1.29 is 13.9 Å². The summed E-state index contributed by atoms with van der Waals surface area (Å²) in [5, 5.41) is 0. The summed E-state index contributed by atoms with van der Waals surface area (Å²) in [6.07, 6.45) is 4.39. The van der Waals surface area contributed by atoms with E-state index in [1.807, 2.05) is 0 Å². The molecular weight excluding hydrogens is 196 g/mol.